The topological polar surface area (TPSA) is 76.0 Å². The van der Waals surface area contributed by atoms with Crippen LogP contribution in [0.25, 0.3) is 0 Å². The number of carbonyl (C=O) groups excluding carboxylic acids is 1. The van der Waals surface area contributed by atoms with Crippen molar-refractivity contribution in [2.24, 2.45) is 7.05 Å². The number of ether oxygens (including phenoxy) is 1. The SMILES string of the molecule is C[C@@H]1Cc2c(C(=O)N(C)Cc3cn[nH]c3)nn(C)c2[C@H](C)O1. The molecule has 0 radical (unpaired) electrons. The van der Waals surface area contributed by atoms with Crippen LogP contribution in [0, 0.1) is 0 Å². The van der Waals surface area contributed by atoms with E-state index in [4.69, 9.17) is 4.74 Å². The monoisotopic (exact) mass is 303 g/mol. The molecule has 0 fully saturated rings. The van der Waals surface area contributed by atoms with Crippen LogP contribution in [0.2, 0.25) is 0 Å². The van der Waals surface area contributed by atoms with E-state index in [9.17, 15) is 4.79 Å². The fourth-order valence-corrected chi connectivity index (χ4v) is 3.10. The zero-order valence-corrected chi connectivity index (χ0v) is 13.3. The van der Waals surface area contributed by atoms with Crippen molar-refractivity contribution in [3.05, 3.63) is 34.9 Å². The van der Waals surface area contributed by atoms with Crippen molar-refractivity contribution in [2.75, 3.05) is 7.05 Å². The number of aryl methyl sites for hydroxylation is 1. The molecule has 1 aliphatic heterocycles. The molecule has 1 aliphatic rings. The van der Waals surface area contributed by atoms with Crippen LogP contribution < -0.4 is 0 Å². The molecule has 1 N–H and O–H groups in total. The second kappa shape index (κ2) is 5.57. The molecule has 3 heterocycles. The fraction of sp³-hybridized carbons (Fsp3) is 0.533. The van der Waals surface area contributed by atoms with Crippen LogP contribution in [0.15, 0.2) is 12.4 Å². The van der Waals surface area contributed by atoms with Crippen molar-refractivity contribution in [2.45, 2.75) is 39.0 Å². The molecule has 118 valence electrons. The lowest BCUT2D eigenvalue weighted by molar-refractivity contribution is -0.00906. The van der Waals surface area contributed by atoms with Crippen LogP contribution in [0.4, 0.5) is 0 Å². The summed E-state index contributed by atoms with van der Waals surface area (Å²) in [4.78, 5) is 14.4. The second-order valence-electron chi connectivity index (χ2n) is 5.90. The molecular formula is C15H21N5O2. The first-order chi connectivity index (χ1) is 10.5. The molecule has 3 rings (SSSR count). The lowest BCUT2D eigenvalue weighted by Gasteiger charge is -2.26. The number of fused-ring (bicyclic) bond motifs is 1. The molecule has 0 saturated carbocycles. The Bertz CT molecular complexity index is 676. The maximum Gasteiger partial charge on any atom is 0.274 e. The van der Waals surface area contributed by atoms with Crippen LogP contribution in [0.5, 0.6) is 0 Å². The Morgan fingerprint density at radius 2 is 2.32 bits per heavy atom. The third-order valence-electron chi connectivity index (χ3n) is 4.03. The number of hydrogen-bond acceptors (Lipinski definition) is 4. The highest BCUT2D eigenvalue weighted by molar-refractivity contribution is 5.94. The Balaban J connectivity index is 1.88. The minimum Gasteiger partial charge on any atom is -0.369 e. The number of amides is 1. The fourth-order valence-electron chi connectivity index (χ4n) is 3.10. The predicted octanol–water partition coefficient (Wildman–Crippen LogP) is 1.44. The number of H-pyrrole nitrogens is 1. The summed E-state index contributed by atoms with van der Waals surface area (Å²) in [6.07, 6.45) is 4.27. The summed E-state index contributed by atoms with van der Waals surface area (Å²) in [6, 6.07) is 0. The minimum atomic E-state index is -0.0700. The number of hydrogen-bond donors (Lipinski definition) is 1. The van der Waals surface area contributed by atoms with E-state index < -0.39 is 0 Å². The Hall–Kier alpha value is -2.15. The standard InChI is InChI=1S/C15H21N5O2/c1-9-5-12-13(18-20(4)14(12)10(2)22-9)15(21)19(3)8-11-6-16-17-7-11/h6-7,9-10H,5,8H2,1-4H3,(H,16,17)/t9-,10+/m1/s1. The normalized spacial score (nSPS) is 20.7. The Morgan fingerprint density at radius 1 is 1.55 bits per heavy atom. The van der Waals surface area contributed by atoms with Crippen molar-refractivity contribution in [1.82, 2.24) is 24.9 Å². The Kier molecular flexibility index (Phi) is 3.74. The van der Waals surface area contributed by atoms with Crippen molar-refractivity contribution < 1.29 is 9.53 Å². The minimum absolute atomic E-state index is 0.0445. The van der Waals surface area contributed by atoms with Crippen LogP contribution in [0.1, 0.15) is 47.3 Å². The van der Waals surface area contributed by atoms with Gasteiger partial charge in [-0.15, -0.1) is 0 Å². The highest BCUT2D eigenvalue weighted by Crippen LogP contribution is 2.32. The third-order valence-corrected chi connectivity index (χ3v) is 4.03. The smallest absolute Gasteiger partial charge is 0.274 e. The Labute approximate surface area is 129 Å². The average molecular weight is 303 g/mol. The quantitative estimate of drug-likeness (QED) is 0.931. The van der Waals surface area contributed by atoms with Crippen LogP contribution in [-0.4, -0.2) is 43.9 Å². The predicted molar refractivity (Wildman–Crippen MR) is 80.3 cm³/mol. The van der Waals surface area contributed by atoms with E-state index in [-0.39, 0.29) is 18.1 Å². The van der Waals surface area contributed by atoms with E-state index in [1.807, 2.05) is 20.9 Å². The number of aromatic nitrogens is 4. The van der Waals surface area contributed by atoms with Crippen LogP contribution >= 0.6 is 0 Å². The lowest BCUT2D eigenvalue weighted by Crippen LogP contribution is -2.29. The molecule has 0 spiro atoms. The molecule has 7 heteroatoms. The highest BCUT2D eigenvalue weighted by atomic mass is 16.5. The van der Waals surface area contributed by atoms with E-state index in [2.05, 4.69) is 15.3 Å². The van der Waals surface area contributed by atoms with Gasteiger partial charge in [-0.05, 0) is 13.8 Å². The summed E-state index contributed by atoms with van der Waals surface area (Å²) in [7, 11) is 3.64. The molecule has 0 bridgehead atoms. The summed E-state index contributed by atoms with van der Waals surface area (Å²) >= 11 is 0. The van der Waals surface area contributed by atoms with E-state index in [0.717, 1.165) is 16.8 Å². The van der Waals surface area contributed by atoms with Gasteiger partial charge in [0.05, 0.1) is 24.1 Å². The number of carbonyl (C=O) groups is 1. The third kappa shape index (κ3) is 2.52. The molecule has 22 heavy (non-hydrogen) atoms. The van der Waals surface area contributed by atoms with Gasteiger partial charge in [-0.1, -0.05) is 0 Å². The van der Waals surface area contributed by atoms with Crippen molar-refractivity contribution >= 4 is 5.91 Å². The van der Waals surface area contributed by atoms with Gasteiger partial charge in [-0.25, -0.2) is 0 Å². The molecule has 0 aromatic carbocycles. The average Bonchev–Trinajstić information content (AvgIpc) is 3.06. The zero-order chi connectivity index (χ0) is 15.9. The second-order valence-corrected chi connectivity index (χ2v) is 5.90. The number of rotatable bonds is 3. The maximum absolute atomic E-state index is 12.7. The number of nitrogens with zero attached hydrogens (tertiary/aromatic N) is 4. The lowest BCUT2D eigenvalue weighted by atomic mass is 9.99. The van der Waals surface area contributed by atoms with Gasteiger partial charge in [0.25, 0.3) is 5.91 Å². The summed E-state index contributed by atoms with van der Waals surface area (Å²) < 4.78 is 7.60. The molecule has 2 aromatic rings. The van der Waals surface area contributed by atoms with Gasteiger partial charge < -0.3 is 9.64 Å². The van der Waals surface area contributed by atoms with Crippen molar-refractivity contribution in [3.63, 3.8) is 0 Å². The van der Waals surface area contributed by atoms with Gasteiger partial charge in [-0.3, -0.25) is 14.6 Å². The van der Waals surface area contributed by atoms with Crippen LogP contribution in [-0.2, 0) is 24.8 Å². The molecule has 1 amide bonds. The van der Waals surface area contributed by atoms with Gasteiger partial charge in [0.15, 0.2) is 5.69 Å². The summed E-state index contributed by atoms with van der Waals surface area (Å²) in [5.74, 6) is -0.0700. The van der Waals surface area contributed by atoms with Gasteiger partial charge in [0.2, 0.25) is 0 Å². The summed E-state index contributed by atoms with van der Waals surface area (Å²) in [5, 5.41) is 11.1. The maximum atomic E-state index is 12.7. The molecule has 0 unspecified atom stereocenters. The van der Waals surface area contributed by atoms with Gasteiger partial charge in [-0.2, -0.15) is 10.2 Å². The van der Waals surface area contributed by atoms with Gasteiger partial charge >= 0.3 is 0 Å². The first kappa shape index (κ1) is 14.8. The first-order valence-electron chi connectivity index (χ1n) is 7.41. The van der Waals surface area contributed by atoms with Gasteiger partial charge in [0, 0.05) is 44.4 Å². The molecule has 0 aliphatic carbocycles. The molecule has 7 nitrogen and oxygen atoms in total. The summed E-state index contributed by atoms with van der Waals surface area (Å²) in [5.41, 5.74) is 3.51. The van der Waals surface area contributed by atoms with E-state index >= 15 is 0 Å². The number of aromatic amines is 1. The van der Waals surface area contributed by atoms with E-state index in [1.54, 1.807) is 29.0 Å². The van der Waals surface area contributed by atoms with E-state index in [1.165, 1.54) is 0 Å². The van der Waals surface area contributed by atoms with Gasteiger partial charge in [0.1, 0.15) is 0 Å². The van der Waals surface area contributed by atoms with Crippen LogP contribution in [0.3, 0.4) is 0 Å². The largest absolute Gasteiger partial charge is 0.369 e. The molecule has 2 aromatic heterocycles. The van der Waals surface area contributed by atoms with E-state index in [0.29, 0.717) is 18.7 Å². The zero-order valence-electron chi connectivity index (χ0n) is 13.3. The highest BCUT2D eigenvalue weighted by Gasteiger charge is 2.32. The molecule has 0 saturated heterocycles. The summed E-state index contributed by atoms with van der Waals surface area (Å²) in [6.45, 7) is 4.53. The Morgan fingerprint density at radius 3 is 3.00 bits per heavy atom. The molecular weight excluding hydrogens is 282 g/mol. The van der Waals surface area contributed by atoms with Crippen molar-refractivity contribution in [3.8, 4) is 0 Å². The van der Waals surface area contributed by atoms with Crippen molar-refractivity contribution in [1.29, 1.82) is 0 Å². The first-order valence-corrected chi connectivity index (χ1v) is 7.41. The number of nitrogens with one attached hydrogen (secondary N) is 1. The molecule has 2 atom stereocenters.